The predicted molar refractivity (Wildman–Crippen MR) is 53.7 cm³/mol. The van der Waals surface area contributed by atoms with Gasteiger partial charge >= 0.3 is 0 Å². The average Bonchev–Trinajstić information content (AvgIpc) is 2.62. The molecule has 0 bridgehead atoms. The van der Waals surface area contributed by atoms with E-state index < -0.39 is 0 Å². The van der Waals surface area contributed by atoms with Crippen LogP contribution in [0.3, 0.4) is 0 Å². The van der Waals surface area contributed by atoms with E-state index in [0.29, 0.717) is 5.82 Å². The molecule has 1 amide bonds. The Balaban J connectivity index is 2.35. The fourth-order valence-corrected chi connectivity index (χ4v) is 1.37. The minimum Gasteiger partial charge on any atom is -0.334 e. The van der Waals surface area contributed by atoms with Crippen molar-refractivity contribution in [2.45, 2.75) is 6.42 Å². The van der Waals surface area contributed by atoms with E-state index >= 15 is 0 Å². The van der Waals surface area contributed by atoms with Gasteiger partial charge in [0.1, 0.15) is 11.5 Å². The van der Waals surface area contributed by atoms with Crippen LogP contribution in [0.5, 0.6) is 0 Å². The summed E-state index contributed by atoms with van der Waals surface area (Å²) in [5.74, 6) is 5.93. The molecule has 0 saturated heterocycles. The number of nitrogens with zero attached hydrogens (tertiary/aromatic N) is 3. The molecule has 0 aromatic carbocycles. The Morgan fingerprint density at radius 1 is 1.60 bits per heavy atom. The van der Waals surface area contributed by atoms with Crippen molar-refractivity contribution >= 4 is 5.91 Å². The topological polar surface area (TPSA) is 85.8 Å². The van der Waals surface area contributed by atoms with Gasteiger partial charge < -0.3 is 4.57 Å². The molecular weight excluding hydrogens is 194 g/mol. The van der Waals surface area contributed by atoms with Crippen LogP contribution in [0.1, 0.15) is 5.82 Å². The second-order valence-corrected chi connectivity index (χ2v) is 3.21. The number of amides is 1. The lowest BCUT2D eigenvalue weighted by Gasteiger charge is -2.01. The van der Waals surface area contributed by atoms with E-state index in [9.17, 15) is 4.79 Å². The third-order valence-electron chi connectivity index (χ3n) is 2.09. The monoisotopic (exact) mass is 205 g/mol. The maximum absolute atomic E-state index is 11.0. The van der Waals surface area contributed by atoms with Gasteiger partial charge in [-0.1, -0.05) is 0 Å². The van der Waals surface area contributed by atoms with Gasteiger partial charge in [-0.2, -0.15) is 0 Å². The number of carbonyl (C=O) groups is 1. The van der Waals surface area contributed by atoms with Gasteiger partial charge in [0, 0.05) is 13.2 Å². The number of hydrazine groups is 1. The summed E-state index contributed by atoms with van der Waals surface area (Å²) in [4.78, 5) is 19.5. The van der Waals surface area contributed by atoms with Crippen LogP contribution in [-0.4, -0.2) is 20.4 Å². The van der Waals surface area contributed by atoms with Gasteiger partial charge in [-0.25, -0.2) is 15.8 Å². The van der Waals surface area contributed by atoms with Crippen molar-refractivity contribution in [3.8, 4) is 11.5 Å². The molecule has 0 aliphatic carbocycles. The molecule has 0 fully saturated rings. The van der Waals surface area contributed by atoms with Crippen molar-refractivity contribution in [3.05, 3.63) is 24.2 Å². The molecule has 2 aliphatic rings. The molecule has 2 rings (SSSR count). The lowest BCUT2D eigenvalue weighted by Crippen LogP contribution is -2.31. The average molecular weight is 205 g/mol. The third kappa shape index (κ3) is 1.79. The molecule has 6 nitrogen and oxygen atoms in total. The van der Waals surface area contributed by atoms with Crippen LogP contribution in [0.2, 0.25) is 0 Å². The van der Waals surface area contributed by atoms with Crippen molar-refractivity contribution in [2.24, 2.45) is 12.9 Å². The Kier molecular flexibility index (Phi) is 2.34. The number of fused-ring (bicyclic) bond motifs is 1. The summed E-state index contributed by atoms with van der Waals surface area (Å²) in [5.41, 5.74) is 2.82. The maximum atomic E-state index is 11.0. The van der Waals surface area contributed by atoms with Crippen molar-refractivity contribution in [1.29, 1.82) is 0 Å². The summed E-state index contributed by atoms with van der Waals surface area (Å²) in [7, 11) is 1.88. The molecule has 15 heavy (non-hydrogen) atoms. The number of hydrogen-bond donors (Lipinski definition) is 2. The number of imidazole rings is 1. The standard InChI is InChI=1S/C9H11N5O/c1-14-4-2-3-6-9(14)12-7(11-6)5-8(15)13-10/h2-4H,5,10H2,1H3,(H,13,15). The molecule has 78 valence electrons. The van der Waals surface area contributed by atoms with Gasteiger partial charge in [-0.05, 0) is 12.1 Å². The van der Waals surface area contributed by atoms with Gasteiger partial charge in [0.2, 0.25) is 5.91 Å². The first-order valence-corrected chi connectivity index (χ1v) is 4.48. The summed E-state index contributed by atoms with van der Waals surface area (Å²) in [6, 6.07) is 3.73. The molecule has 3 N–H and O–H groups in total. The van der Waals surface area contributed by atoms with E-state index in [2.05, 4.69) is 9.97 Å². The zero-order valence-corrected chi connectivity index (χ0v) is 8.27. The number of hydrogen-bond acceptors (Lipinski definition) is 4. The van der Waals surface area contributed by atoms with Crippen LogP contribution in [0.25, 0.3) is 11.5 Å². The highest BCUT2D eigenvalue weighted by Crippen LogP contribution is 2.17. The molecule has 6 heteroatoms. The fraction of sp³-hybridized carbons (Fsp3) is 0.222. The Morgan fingerprint density at radius 2 is 2.40 bits per heavy atom. The van der Waals surface area contributed by atoms with Crippen LogP contribution in [0.15, 0.2) is 18.3 Å². The second kappa shape index (κ2) is 3.66. The van der Waals surface area contributed by atoms with Gasteiger partial charge in [0.25, 0.3) is 0 Å². The van der Waals surface area contributed by atoms with Gasteiger partial charge in [0.15, 0.2) is 5.82 Å². The van der Waals surface area contributed by atoms with Crippen molar-refractivity contribution in [2.75, 3.05) is 0 Å². The normalized spacial score (nSPS) is 10.5. The lowest BCUT2D eigenvalue weighted by atomic mass is 10.3. The minimum absolute atomic E-state index is 0.102. The number of nitrogens with one attached hydrogen (secondary N) is 1. The first-order valence-electron chi connectivity index (χ1n) is 4.48. The SMILES string of the molecule is Cn1cccc2nc(CC(=O)NN)nc1-2. The summed E-state index contributed by atoms with van der Waals surface area (Å²) in [6.07, 6.45) is 1.98. The van der Waals surface area contributed by atoms with Crippen molar-refractivity contribution in [1.82, 2.24) is 20.0 Å². The molecule has 0 radical (unpaired) electrons. The summed E-state index contributed by atoms with van der Waals surface area (Å²) in [6.45, 7) is 0. The van der Waals surface area contributed by atoms with E-state index in [1.807, 2.05) is 35.4 Å². The predicted octanol–water partition coefficient (Wildman–Crippen LogP) is -0.548. The summed E-state index contributed by atoms with van der Waals surface area (Å²) in [5, 5.41) is 0. The Morgan fingerprint density at radius 3 is 3.07 bits per heavy atom. The molecule has 0 spiro atoms. The van der Waals surface area contributed by atoms with E-state index in [4.69, 9.17) is 5.84 Å². The van der Waals surface area contributed by atoms with Gasteiger partial charge in [0.05, 0.1) is 6.42 Å². The highest BCUT2D eigenvalue weighted by atomic mass is 16.2. The van der Waals surface area contributed by atoms with E-state index in [1.165, 1.54) is 0 Å². The van der Waals surface area contributed by atoms with Gasteiger partial charge in [-0.15, -0.1) is 0 Å². The fourth-order valence-electron chi connectivity index (χ4n) is 1.37. The van der Waals surface area contributed by atoms with E-state index in [-0.39, 0.29) is 12.3 Å². The second-order valence-electron chi connectivity index (χ2n) is 3.21. The first kappa shape index (κ1) is 9.60. The molecule has 0 saturated carbocycles. The van der Waals surface area contributed by atoms with Crippen LogP contribution in [-0.2, 0) is 18.3 Å². The van der Waals surface area contributed by atoms with Gasteiger partial charge in [-0.3, -0.25) is 10.2 Å². The number of carbonyl (C=O) groups excluding carboxylic acids is 1. The van der Waals surface area contributed by atoms with Crippen LogP contribution < -0.4 is 11.3 Å². The van der Waals surface area contributed by atoms with Crippen LogP contribution >= 0.6 is 0 Å². The molecule has 2 aliphatic heterocycles. The molecule has 0 atom stereocenters. The zero-order chi connectivity index (χ0) is 10.8. The molecular formula is C9H11N5O. The first-order chi connectivity index (χ1) is 7.20. The summed E-state index contributed by atoms with van der Waals surface area (Å²) < 4.78 is 1.85. The van der Waals surface area contributed by atoms with Crippen LogP contribution in [0.4, 0.5) is 0 Å². The molecule has 2 heterocycles. The van der Waals surface area contributed by atoms with Crippen molar-refractivity contribution in [3.63, 3.8) is 0 Å². The lowest BCUT2D eigenvalue weighted by molar-refractivity contribution is -0.120. The van der Waals surface area contributed by atoms with E-state index in [0.717, 1.165) is 11.5 Å². The quantitative estimate of drug-likeness (QED) is 0.391. The summed E-state index contributed by atoms with van der Waals surface area (Å²) >= 11 is 0. The molecule has 0 aromatic rings. The molecule has 0 aromatic heterocycles. The number of aryl methyl sites for hydroxylation is 1. The number of rotatable bonds is 2. The third-order valence-corrected chi connectivity index (χ3v) is 2.09. The number of aromatic nitrogens is 3. The highest BCUT2D eigenvalue weighted by molar-refractivity contribution is 5.77. The smallest absolute Gasteiger partial charge is 0.241 e. The van der Waals surface area contributed by atoms with Crippen molar-refractivity contribution < 1.29 is 4.79 Å². The maximum Gasteiger partial charge on any atom is 0.241 e. The van der Waals surface area contributed by atoms with Crippen LogP contribution in [0, 0.1) is 0 Å². The Bertz CT molecular complexity index is 464. The Hall–Kier alpha value is -1.95. The number of nitrogens with two attached hydrogens (primary N) is 1. The number of pyridine rings is 1. The largest absolute Gasteiger partial charge is 0.334 e. The molecule has 0 unspecified atom stereocenters. The Labute approximate surface area is 86.4 Å². The zero-order valence-electron chi connectivity index (χ0n) is 8.27. The minimum atomic E-state index is -0.298. The van der Waals surface area contributed by atoms with E-state index in [1.54, 1.807) is 0 Å². The highest BCUT2D eigenvalue weighted by Gasteiger charge is 2.13.